The summed E-state index contributed by atoms with van der Waals surface area (Å²) in [5, 5.41) is 30.7. The monoisotopic (exact) mass is 294 g/mol. The standard InChI is InChI=1S/C15H18O6/c1-15(2,19)14(18)13(17)9-6-8-4-5-12(16)21-10(8)7-11(9)20-3/h4-7,13-14,17-19H,1-3H3/t13-,14-/m1/s1. The van der Waals surface area contributed by atoms with Gasteiger partial charge in [0.15, 0.2) is 0 Å². The zero-order valence-electron chi connectivity index (χ0n) is 12.0. The van der Waals surface area contributed by atoms with Gasteiger partial charge in [-0.2, -0.15) is 0 Å². The van der Waals surface area contributed by atoms with E-state index in [2.05, 4.69) is 0 Å². The number of aliphatic hydroxyl groups excluding tert-OH is 2. The fraction of sp³-hybridized carbons (Fsp3) is 0.400. The lowest BCUT2D eigenvalue weighted by Gasteiger charge is -2.29. The molecule has 1 aromatic heterocycles. The molecule has 0 saturated heterocycles. The molecule has 21 heavy (non-hydrogen) atoms. The predicted molar refractivity (Wildman–Crippen MR) is 76.3 cm³/mol. The van der Waals surface area contributed by atoms with Gasteiger partial charge in [-0.15, -0.1) is 0 Å². The van der Waals surface area contributed by atoms with Crippen LogP contribution in [0.25, 0.3) is 11.0 Å². The van der Waals surface area contributed by atoms with Crippen LogP contribution in [-0.4, -0.2) is 34.1 Å². The van der Waals surface area contributed by atoms with Crippen molar-refractivity contribution in [1.29, 1.82) is 0 Å². The highest BCUT2D eigenvalue weighted by Crippen LogP contribution is 2.34. The quantitative estimate of drug-likeness (QED) is 0.726. The first kappa shape index (κ1) is 15.5. The third-order valence-corrected chi connectivity index (χ3v) is 3.31. The number of ether oxygens (including phenoxy) is 1. The number of rotatable bonds is 4. The van der Waals surface area contributed by atoms with Crippen LogP contribution in [0.15, 0.2) is 33.5 Å². The van der Waals surface area contributed by atoms with Gasteiger partial charge in [-0.3, -0.25) is 0 Å². The Morgan fingerprint density at radius 3 is 2.48 bits per heavy atom. The van der Waals surface area contributed by atoms with E-state index >= 15 is 0 Å². The van der Waals surface area contributed by atoms with Gasteiger partial charge in [0.05, 0.1) is 12.7 Å². The van der Waals surface area contributed by atoms with Crippen LogP contribution >= 0.6 is 0 Å². The van der Waals surface area contributed by atoms with Crippen LogP contribution < -0.4 is 10.4 Å². The van der Waals surface area contributed by atoms with E-state index in [0.717, 1.165) is 0 Å². The zero-order valence-corrected chi connectivity index (χ0v) is 12.0. The van der Waals surface area contributed by atoms with Crippen molar-refractivity contribution >= 4 is 11.0 Å². The van der Waals surface area contributed by atoms with Gasteiger partial charge in [-0.25, -0.2) is 4.79 Å². The Labute approximate surface area is 121 Å². The molecule has 2 atom stereocenters. The first-order chi connectivity index (χ1) is 9.74. The maximum Gasteiger partial charge on any atom is 0.336 e. The van der Waals surface area contributed by atoms with Crippen molar-refractivity contribution in [2.75, 3.05) is 7.11 Å². The summed E-state index contributed by atoms with van der Waals surface area (Å²) in [5.74, 6) is 0.257. The molecule has 3 N–H and O–H groups in total. The molecule has 0 unspecified atom stereocenters. The van der Waals surface area contributed by atoms with Crippen molar-refractivity contribution in [2.45, 2.75) is 31.7 Å². The molecule has 1 aromatic carbocycles. The highest BCUT2D eigenvalue weighted by Gasteiger charge is 2.33. The van der Waals surface area contributed by atoms with E-state index in [1.165, 1.54) is 33.1 Å². The molecule has 0 fully saturated rings. The smallest absolute Gasteiger partial charge is 0.336 e. The molecule has 2 rings (SSSR count). The lowest BCUT2D eigenvalue weighted by molar-refractivity contribution is -0.107. The fourth-order valence-electron chi connectivity index (χ4n) is 2.08. The Balaban J connectivity index is 2.57. The predicted octanol–water partition coefficient (Wildman–Crippen LogP) is 0.967. The molecule has 6 nitrogen and oxygen atoms in total. The van der Waals surface area contributed by atoms with Gasteiger partial charge >= 0.3 is 5.63 Å². The molecule has 0 bridgehead atoms. The molecule has 0 spiro atoms. The molecule has 0 saturated carbocycles. The number of benzene rings is 1. The van der Waals surface area contributed by atoms with E-state index in [4.69, 9.17) is 9.15 Å². The van der Waals surface area contributed by atoms with Crippen molar-refractivity contribution in [2.24, 2.45) is 0 Å². The van der Waals surface area contributed by atoms with E-state index in [1.54, 1.807) is 12.1 Å². The lowest BCUT2D eigenvalue weighted by Crippen LogP contribution is -2.40. The van der Waals surface area contributed by atoms with Gasteiger partial charge in [0.25, 0.3) is 0 Å². The molecule has 6 heteroatoms. The Kier molecular flexibility index (Phi) is 4.04. The summed E-state index contributed by atoms with van der Waals surface area (Å²) in [6, 6.07) is 5.83. The van der Waals surface area contributed by atoms with Gasteiger partial charge < -0.3 is 24.5 Å². The minimum atomic E-state index is -1.48. The molecule has 114 valence electrons. The van der Waals surface area contributed by atoms with Gasteiger partial charge in [0, 0.05) is 23.1 Å². The van der Waals surface area contributed by atoms with Gasteiger partial charge in [0.2, 0.25) is 0 Å². The van der Waals surface area contributed by atoms with Crippen LogP contribution in [0.4, 0.5) is 0 Å². The van der Waals surface area contributed by atoms with E-state index in [1.807, 2.05) is 0 Å². The Hall–Kier alpha value is -1.89. The van der Waals surface area contributed by atoms with Gasteiger partial charge in [0.1, 0.15) is 23.5 Å². The Morgan fingerprint density at radius 1 is 1.24 bits per heavy atom. The Morgan fingerprint density at radius 2 is 1.90 bits per heavy atom. The summed E-state index contributed by atoms with van der Waals surface area (Å²) >= 11 is 0. The molecule has 1 heterocycles. The van der Waals surface area contributed by atoms with Crippen molar-refractivity contribution in [3.8, 4) is 5.75 Å². The van der Waals surface area contributed by atoms with E-state index in [9.17, 15) is 20.1 Å². The van der Waals surface area contributed by atoms with Crippen LogP contribution in [0, 0.1) is 0 Å². The average molecular weight is 294 g/mol. The fourth-order valence-corrected chi connectivity index (χ4v) is 2.08. The summed E-state index contributed by atoms with van der Waals surface area (Å²) in [7, 11) is 1.40. The molecule has 0 amide bonds. The normalized spacial score (nSPS) is 15.0. The second-order valence-electron chi connectivity index (χ2n) is 5.43. The Bertz CT molecular complexity index is 697. The average Bonchev–Trinajstić information content (AvgIpc) is 2.43. The molecular weight excluding hydrogens is 276 g/mol. The van der Waals surface area contributed by atoms with Crippen LogP contribution in [0.5, 0.6) is 5.75 Å². The van der Waals surface area contributed by atoms with Crippen molar-refractivity contribution in [3.63, 3.8) is 0 Å². The van der Waals surface area contributed by atoms with Crippen molar-refractivity contribution in [1.82, 2.24) is 0 Å². The lowest BCUT2D eigenvalue weighted by atomic mass is 9.91. The summed E-state index contributed by atoms with van der Waals surface area (Å²) in [4.78, 5) is 11.2. The largest absolute Gasteiger partial charge is 0.496 e. The molecule has 0 aliphatic heterocycles. The zero-order chi connectivity index (χ0) is 15.8. The number of aliphatic hydroxyl groups is 3. The summed E-state index contributed by atoms with van der Waals surface area (Å²) in [6.07, 6.45) is -2.75. The van der Waals surface area contributed by atoms with Gasteiger partial charge in [-0.1, -0.05) is 0 Å². The second kappa shape index (κ2) is 5.48. The maximum absolute atomic E-state index is 11.2. The minimum Gasteiger partial charge on any atom is -0.496 e. The van der Waals surface area contributed by atoms with Crippen LogP contribution in [-0.2, 0) is 0 Å². The molecular formula is C15H18O6. The van der Waals surface area contributed by atoms with Crippen LogP contribution in [0.1, 0.15) is 25.5 Å². The molecule has 0 aliphatic carbocycles. The summed E-state index contributed by atoms with van der Waals surface area (Å²) < 4.78 is 10.2. The molecule has 0 radical (unpaired) electrons. The number of hydrogen-bond acceptors (Lipinski definition) is 6. The van der Waals surface area contributed by atoms with E-state index in [0.29, 0.717) is 16.5 Å². The summed E-state index contributed by atoms with van der Waals surface area (Å²) in [5.41, 5.74) is -1.36. The van der Waals surface area contributed by atoms with Crippen molar-refractivity contribution < 1.29 is 24.5 Å². The van der Waals surface area contributed by atoms with E-state index in [-0.39, 0.29) is 5.75 Å². The first-order valence-electron chi connectivity index (χ1n) is 6.44. The van der Waals surface area contributed by atoms with Crippen molar-refractivity contribution in [3.05, 3.63) is 40.2 Å². The summed E-state index contributed by atoms with van der Waals surface area (Å²) in [6.45, 7) is 2.79. The number of hydrogen-bond donors (Lipinski definition) is 3. The third kappa shape index (κ3) is 3.07. The van der Waals surface area contributed by atoms with Crippen LogP contribution in [0.2, 0.25) is 0 Å². The highest BCUT2D eigenvalue weighted by molar-refractivity contribution is 5.79. The van der Waals surface area contributed by atoms with Gasteiger partial charge in [-0.05, 0) is 26.0 Å². The second-order valence-corrected chi connectivity index (χ2v) is 5.43. The topological polar surface area (TPSA) is 100 Å². The highest BCUT2D eigenvalue weighted by atomic mass is 16.5. The van der Waals surface area contributed by atoms with E-state index < -0.39 is 23.4 Å². The van der Waals surface area contributed by atoms with Crippen LogP contribution in [0.3, 0.4) is 0 Å². The molecule has 2 aromatic rings. The number of fused-ring (bicyclic) bond motifs is 1. The number of methoxy groups -OCH3 is 1. The minimum absolute atomic E-state index is 0.257. The SMILES string of the molecule is COc1cc2oc(=O)ccc2cc1[C@@H](O)[C@@H](O)C(C)(C)O. The maximum atomic E-state index is 11.2. The first-order valence-corrected chi connectivity index (χ1v) is 6.44. The molecule has 0 aliphatic rings. The third-order valence-electron chi connectivity index (χ3n) is 3.31.